The maximum Gasteiger partial charge on any atom is 0.220 e. The number of H-pyrrole nitrogens is 1. The minimum Gasteiger partial charge on any atom is -0.346 e. The summed E-state index contributed by atoms with van der Waals surface area (Å²) in [7, 11) is 1.88. The lowest BCUT2D eigenvalue weighted by atomic mass is 10.2. The Morgan fingerprint density at radius 1 is 1.33 bits per heavy atom. The molecule has 0 aliphatic carbocycles. The standard InChI is InChI=1S/C14H20N4O.2ClH/c1-10(16-13(19)8-5-9-15-2)14-17-11-6-3-4-7-12(11)18-14;;/h3-4,6-7,10,15H,5,8-9H2,1-2H3,(H,16,19)(H,17,18);2*1H. The Morgan fingerprint density at radius 2 is 2.05 bits per heavy atom. The summed E-state index contributed by atoms with van der Waals surface area (Å²) in [5.41, 5.74) is 1.92. The van der Waals surface area contributed by atoms with E-state index in [0.29, 0.717) is 6.42 Å². The van der Waals surface area contributed by atoms with Crippen LogP contribution in [-0.4, -0.2) is 29.5 Å². The van der Waals surface area contributed by atoms with E-state index in [-0.39, 0.29) is 36.8 Å². The fourth-order valence-electron chi connectivity index (χ4n) is 1.99. The number of imidazole rings is 1. The zero-order valence-electron chi connectivity index (χ0n) is 12.2. The first-order chi connectivity index (χ1) is 9.20. The summed E-state index contributed by atoms with van der Waals surface area (Å²) in [6, 6.07) is 7.75. The maximum atomic E-state index is 11.7. The van der Waals surface area contributed by atoms with Gasteiger partial charge in [-0.3, -0.25) is 4.79 Å². The number of rotatable bonds is 6. The molecule has 0 aliphatic heterocycles. The number of benzene rings is 1. The van der Waals surface area contributed by atoms with Gasteiger partial charge in [0.25, 0.3) is 0 Å². The molecule has 1 aromatic carbocycles. The van der Waals surface area contributed by atoms with Crippen molar-refractivity contribution in [3.8, 4) is 0 Å². The normalized spacial score (nSPS) is 11.3. The average molecular weight is 333 g/mol. The van der Waals surface area contributed by atoms with Crippen LogP contribution in [0.4, 0.5) is 0 Å². The van der Waals surface area contributed by atoms with E-state index in [2.05, 4.69) is 20.6 Å². The zero-order valence-corrected chi connectivity index (χ0v) is 13.8. The molecular weight excluding hydrogens is 311 g/mol. The van der Waals surface area contributed by atoms with Crippen LogP contribution in [0.25, 0.3) is 11.0 Å². The Bertz CT molecular complexity index is 526. The third-order valence-electron chi connectivity index (χ3n) is 3.03. The van der Waals surface area contributed by atoms with Crippen LogP contribution in [0.3, 0.4) is 0 Å². The molecule has 1 unspecified atom stereocenters. The van der Waals surface area contributed by atoms with E-state index >= 15 is 0 Å². The number of carbonyl (C=O) groups is 1. The van der Waals surface area contributed by atoms with E-state index in [9.17, 15) is 4.79 Å². The molecule has 2 aromatic rings. The quantitative estimate of drug-likeness (QED) is 0.712. The second-order valence-corrected chi connectivity index (χ2v) is 4.64. The van der Waals surface area contributed by atoms with Gasteiger partial charge in [-0.1, -0.05) is 12.1 Å². The van der Waals surface area contributed by atoms with Crippen LogP contribution < -0.4 is 10.6 Å². The molecule has 0 fully saturated rings. The van der Waals surface area contributed by atoms with Crippen LogP contribution in [0.2, 0.25) is 0 Å². The van der Waals surface area contributed by atoms with Crippen molar-refractivity contribution in [2.75, 3.05) is 13.6 Å². The number of fused-ring (bicyclic) bond motifs is 1. The molecule has 0 bridgehead atoms. The smallest absolute Gasteiger partial charge is 0.220 e. The van der Waals surface area contributed by atoms with Crippen molar-refractivity contribution in [1.29, 1.82) is 0 Å². The van der Waals surface area contributed by atoms with Gasteiger partial charge in [-0.15, -0.1) is 24.8 Å². The number of nitrogens with zero attached hydrogens (tertiary/aromatic N) is 1. The van der Waals surface area contributed by atoms with Crippen molar-refractivity contribution in [2.45, 2.75) is 25.8 Å². The minimum atomic E-state index is -0.102. The molecule has 1 amide bonds. The molecule has 0 radical (unpaired) electrons. The first-order valence-corrected chi connectivity index (χ1v) is 6.59. The summed E-state index contributed by atoms with van der Waals surface area (Å²) in [4.78, 5) is 19.4. The Hall–Kier alpha value is -1.30. The van der Waals surface area contributed by atoms with Crippen LogP contribution in [0.1, 0.15) is 31.6 Å². The molecule has 7 heteroatoms. The predicted octanol–water partition coefficient (Wildman–Crippen LogP) is 2.58. The lowest BCUT2D eigenvalue weighted by Crippen LogP contribution is -2.27. The van der Waals surface area contributed by atoms with Gasteiger partial charge >= 0.3 is 0 Å². The fraction of sp³-hybridized carbons (Fsp3) is 0.429. The summed E-state index contributed by atoms with van der Waals surface area (Å²) < 4.78 is 0. The molecule has 0 aliphatic rings. The minimum absolute atomic E-state index is 0. The average Bonchev–Trinajstić information content (AvgIpc) is 2.83. The van der Waals surface area contributed by atoms with Crippen molar-refractivity contribution in [3.63, 3.8) is 0 Å². The van der Waals surface area contributed by atoms with Gasteiger partial charge in [-0.25, -0.2) is 4.98 Å². The monoisotopic (exact) mass is 332 g/mol. The van der Waals surface area contributed by atoms with Crippen LogP contribution >= 0.6 is 24.8 Å². The molecule has 1 atom stereocenters. The van der Waals surface area contributed by atoms with Crippen LogP contribution in [0.15, 0.2) is 24.3 Å². The number of hydrogen-bond donors (Lipinski definition) is 3. The Kier molecular flexibility index (Phi) is 9.01. The highest BCUT2D eigenvalue weighted by Crippen LogP contribution is 2.15. The molecule has 3 N–H and O–H groups in total. The maximum absolute atomic E-state index is 11.7. The summed E-state index contributed by atoms with van der Waals surface area (Å²) >= 11 is 0. The second-order valence-electron chi connectivity index (χ2n) is 4.64. The van der Waals surface area contributed by atoms with Crippen molar-refractivity contribution in [1.82, 2.24) is 20.6 Å². The molecule has 21 heavy (non-hydrogen) atoms. The number of para-hydroxylation sites is 2. The van der Waals surface area contributed by atoms with Gasteiger partial charge in [-0.2, -0.15) is 0 Å². The number of halogens is 2. The summed E-state index contributed by atoms with van der Waals surface area (Å²) in [5.74, 6) is 0.853. The van der Waals surface area contributed by atoms with Crippen molar-refractivity contribution in [2.24, 2.45) is 0 Å². The van der Waals surface area contributed by atoms with E-state index in [0.717, 1.165) is 29.8 Å². The van der Waals surface area contributed by atoms with Gasteiger partial charge in [0.05, 0.1) is 17.1 Å². The highest BCUT2D eigenvalue weighted by atomic mass is 35.5. The van der Waals surface area contributed by atoms with Gasteiger partial charge in [0.15, 0.2) is 0 Å². The third kappa shape index (κ3) is 5.53. The van der Waals surface area contributed by atoms with E-state index in [1.807, 2.05) is 38.2 Å². The largest absolute Gasteiger partial charge is 0.346 e. The van der Waals surface area contributed by atoms with Gasteiger partial charge in [0.1, 0.15) is 5.82 Å². The molecule has 0 spiro atoms. The van der Waals surface area contributed by atoms with Gasteiger partial charge in [0.2, 0.25) is 5.91 Å². The van der Waals surface area contributed by atoms with Crippen LogP contribution in [0.5, 0.6) is 0 Å². The van der Waals surface area contributed by atoms with Crippen LogP contribution in [0, 0.1) is 0 Å². The highest BCUT2D eigenvalue weighted by molar-refractivity contribution is 5.85. The Labute approximate surface area is 137 Å². The summed E-state index contributed by atoms with van der Waals surface area (Å²) in [6.45, 7) is 2.79. The SMILES string of the molecule is CNCCCC(=O)NC(C)c1nc2ccccc2[nH]1.Cl.Cl. The molecular formula is C14H22Cl2N4O. The van der Waals surface area contributed by atoms with Gasteiger partial charge in [-0.05, 0) is 39.1 Å². The van der Waals surface area contributed by atoms with Crippen molar-refractivity contribution >= 4 is 41.8 Å². The number of carbonyl (C=O) groups excluding carboxylic acids is 1. The lowest BCUT2D eigenvalue weighted by molar-refractivity contribution is -0.121. The molecule has 2 rings (SSSR count). The molecule has 1 heterocycles. The van der Waals surface area contributed by atoms with E-state index in [1.165, 1.54) is 0 Å². The van der Waals surface area contributed by atoms with Crippen LogP contribution in [-0.2, 0) is 4.79 Å². The van der Waals surface area contributed by atoms with Crippen molar-refractivity contribution < 1.29 is 4.79 Å². The summed E-state index contributed by atoms with van der Waals surface area (Å²) in [6.07, 6.45) is 1.38. The molecule has 5 nitrogen and oxygen atoms in total. The van der Waals surface area contributed by atoms with E-state index in [4.69, 9.17) is 0 Å². The van der Waals surface area contributed by atoms with E-state index < -0.39 is 0 Å². The number of aromatic nitrogens is 2. The first-order valence-electron chi connectivity index (χ1n) is 6.59. The first kappa shape index (κ1) is 19.7. The van der Waals surface area contributed by atoms with Gasteiger partial charge in [0, 0.05) is 6.42 Å². The van der Waals surface area contributed by atoms with E-state index in [1.54, 1.807) is 0 Å². The molecule has 0 saturated carbocycles. The molecule has 0 saturated heterocycles. The second kappa shape index (κ2) is 9.60. The number of amides is 1. The summed E-state index contributed by atoms with van der Waals surface area (Å²) in [5, 5.41) is 5.98. The molecule has 1 aromatic heterocycles. The Balaban J connectivity index is 0.00000200. The Morgan fingerprint density at radius 3 is 2.71 bits per heavy atom. The zero-order chi connectivity index (χ0) is 13.7. The fourth-order valence-corrected chi connectivity index (χ4v) is 1.99. The predicted molar refractivity (Wildman–Crippen MR) is 90.3 cm³/mol. The molecule has 118 valence electrons. The number of nitrogens with one attached hydrogen (secondary N) is 3. The topological polar surface area (TPSA) is 69.8 Å². The number of aromatic amines is 1. The lowest BCUT2D eigenvalue weighted by Gasteiger charge is -2.11. The van der Waals surface area contributed by atoms with Gasteiger partial charge < -0.3 is 15.6 Å². The number of hydrogen-bond acceptors (Lipinski definition) is 3. The third-order valence-corrected chi connectivity index (χ3v) is 3.03. The highest BCUT2D eigenvalue weighted by Gasteiger charge is 2.12. The van der Waals surface area contributed by atoms with Crippen molar-refractivity contribution in [3.05, 3.63) is 30.1 Å².